The number of para-hydroxylation sites is 1. The van der Waals surface area contributed by atoms with Gasteiger partial charge in [-0.15, -0.1) is 11.8 Å². The molecular formula is C27H39N3O4S. The Hall–Kier alpha value is -2.06. The van der Waals surface area contributed by atoms with Crippen LogP contribution in [0.15, 0.2) is 18.2 Å². The van der Waals surface area contributed by atoms with Gasteiger partial charge in [-0.1, -0.05) is 25.1 Å². The number of anilines is 1. The molecule has 3 aliphatic rings. The summed E-state index contributed by atoms with van der Waals surface area (Å²) in [6, 6.07) is 5.29. The lowest BCUT2D eigenvalue weighted by Gasteiger charge is -2.35. The van der Waals surface area contributed by atoms with Crippen molar-refractivity contribution in [3.05, 3.63) is 29.3 Å². The average Bonchev–Trinajstić information content (AvgIpc) is 3.38. The summed E-state index contributed by atoms with van der Waals surface area (Å²) >= 11 is 1.70. The number of hydrogen-bond acceptors (Lipinski definition) is 5. The van der Waals surface area contributed by atoms with Crippen LogP contribution in [0.25, 0.3) is 0 Å². The second kappa shape index (κ2) is 10.1. The molecule has 35 heavy (non-hydrogen) atoms. The molecule has 1 aromatic carbocycles. The summed E-state index contributed by atoms with van der Waals surface area (Å²) in [6.45, 7) is 9.23. The molecule has 0 radical (unpaired) electrons. The third-order valence-electron chi connectivity index (χ3n) is 8.14. The number of amides is 3. The molecule has 3 fully saturated rings. The highest BCUT2D eigenvalue weighted by Crippen LogP contribution is 2.71. The molecule has 1 spiro atoms. The first-order valence-corrected chi connectivity index (χ1v) is 13.8. The van der Waals surface area contributed by atoms with Crippen molar-refractivity contribution in [1.29, 1.82) is 0 Å². The van der Waals surface area contributed by atoms with E-state index in [0.29, 0.717) is 19.5 Å². The highest BCUT2D eigenvalue weighted by molar-refractivity contribution is 8.02. The number of benzene rings is 1. The largest absolute Gasteiger partial charge is 0.396 e. The normalized spacial score (nSPS) is 31.1. The second-order valence-corrected chi connectivity index (χ2v) is 12.5. The van der Waals surface area contributed by atoms with Gasteiger partial charge in [-0.25, -0.2) is 0 Å². The maximum atomic E-state index is 14.0. The van der Waals surface area contributed by atoms with E-state index in [9.17, 15) is 19.5 Å². The summed E-state index contributed by atoms with van der Waals surface area (Å²) in [5, 5.41) is 15.4. The van der Waals surface area contributed by atoms with E-state index in [1.165, 1.54) is 0 Å². The summed E-state index contributed by atoms with van der Waals surface area (Å²) in [4.78, 5) is 43.0. The molecule has 0 saturated carbocycles. The molecule has 0 aromatic heterocycles. The summed E-state index contributed by atoms with van der Waals surface area (Å²) in [5.41, 5.74) is 2.77. The van der Waals surface area contributed by atoms with Crippen molar-refractivity contribution in [2.45, 2.75) is 81.8 Å². The Morgan fingerprint density at radius 1 is 1.14 bits per heavy atom. The van der Waals surface area contributed by atoms with Gasteiger partial charge >= 0.3 is 0 Å². The Morgan fingerprint density at radius 3 is 2.51 bits per heavy atom. The van der Waals surface area contributed by atoms with E-state index >= 15 is 0 Å². The lowest BCUT2D eigenvalue weighted by molar-refractivity contribution is -0.140. The van der Waals surface area contributed by atoms with Crippen LogP contribution in [-0.4, -0.2) is 63.0 Å². The molecule has 8 heteroatoms. The van der Waals surface area contributed by atoms with Gasteiger partial charge < -0.3 is 20.6 Å². The number of aliphatic hydroxyl groups excluding tert-OH is 1. The topological polar surface area (TPSA) is 98.7 Å². The molecule has 3 heterocycles. The standard InChI is InChI=1S/C27H39N3O4S/c1-5-14-28-23(32)19-20-25(34)30(15-7-6-8-16-31)22(27(20)13-12-26(19,4)35-27)24(33)29-21-17(2)10-9-11-18(21)3/h9-11,19-20,22,31H,5-8,12-16H2,1-4H3,(H,28,32)(H,29,33)/t19-,20+,22?,26+,27?/m1/s1. The fourth-order valence-electron chi connectivity index (χ4n) is 6.50. The average molecular weight is 502 g/mol. The zero-order valence-corrected chi connectivity index (χ0v) is 22.2. The van der Waals surface area contributed by atoms with Crippen LogP contribution in [0.5, 0.6) is 0 Å². The Kier molecular flexibility index (Phi) is 7.53. The summed E-state index contributed by atoms with van der Waals surface area (Å²) in [6.07, 6.45) is 4.58. The number of unbranched alkanes of at least 4 members (excludes halogenated alkanes) is 2. The Balaban J connectivity index is 1.69. The van der Waals surface area contributed by atoms with E-state index in [1.807, 2.05) is 39.0 Å². The smallest absolute Gasteiger partial charge is 0.248 e. The second-order valence-electron chi connectivity index (χ2n) is 10.6. The van der Waals surface area contributed by atoms with Crippen LogP contribution in [0.4, 0.5) is 5.69 Å². The first-order valence-electron chi connectivity index (χ1n) is 13.0. The molecule has 3 amide bonds. The van der Waals surface area contributed by atoms with Crippen LogP contribution in [0.3, 0.4) is 0 Å². The summed E-state index contributed by atoms with van der Waals surface area (Å²) in [5.74, 6) is -1.21. The van der Waals surface area contributed by atoms with Gasteiger partial charge in [-0.3, -0.25) is 14.4 Å². The molecule has 192 valence electrons. The highest BCUT2D eigenvalue weighted by atomic mass is 32.2. The van der Waals surface area contributed by atoms with E-state index in [1.54, 1.807) is 16.7 Å². The van der Waals surface area contributed by atoms with Gasteiger partial charge in [0.1, 0.15) is 6.04 Å². The number of nitrogens with one attached hydrogen (secondary N) is 2. The van der Waals surface area contributed by atoms with Crippen molar-refractivity contribution in [2.24, 2.45) is 11.8 Å². The Bertz CT molecular complexity index is 980. The molecule has 5 atom stereocenters. The molecule has 4 rings (SSSR count). The maximum absolute atomic E-state index is 14.0. The zero-order chi connectivity index (χ0) is 25.4. The van der Waals surface area contributed by atoms with Crippen molar-refractivity contribution in [1.82, 2.24) is 10.2 Å². The number of rotatable bonds is 10. The predicted octanol–water partition coefficient (Wildman–Crippen LogP) is 3.41. The zero-order valence-electron chi connectivity index (χ0n) is 21.4. The third kappa shape index (κ3) is 4.37. The quantitative estimate of drug-likeness (QED) is 0.427. The molecule has 3 aliphatic heterocycles. The minimum absolute atomic E-state index is 0.0576. The van der Waals surface area contributed by atoms with Crippen LogP contribution in [-0.2, 0) is 14.4 Å². The van der Waals surface area contributed by atoms with Gasteiger partial charge in [0.25, 0.3) is 0 Å². The van der Waals surface area contributed by atoms with Crippen molar-refractivity contribution in [3.63, 3.8) is 0 Å². The molecule has 1 aromatic rings. The molecular weight excluding hydrogens is 462 g/mol. The highest BCUT2D eigenvalue weighted by Gasteiger charge is 2.76. The van der Waals surface area contributed by atoms with Crippen molar-refractivity contribution in [2.75, 3.05) is 25.0 Å². The number of hydrogen-bond donors (Lipinski definition) is 3. The van der Waals surface area contributed by atoms with Crippen molar-refractivity contribution < 1.29 is 19.5 Å². The van der Waals surface area contributed by atoms with E-state index in [-0.39, 0.29) is 29.1 Å². The number of thioether (sulfide) groups is 1. The van der Waals surface area contributed by atoms with Gasteiger partial charge in [-0.05, 0) is 70.4 Å². The minimum Gasteiger partial charge on any atom is -0.396 e. The number of carbonyl (C=O) groups is 3. The lowest BCUT2D eigenvalue weighted by atomic mass is 9.66. The first-order chi connectivity index (χ1) is 16.7. The Morgan fingerprint density at radius 2 is 1.86 bits per heavy atom. The first kappa shape index (κ1) is 26.0. The van der Waals surface area contributed by atoms with Crippen molar-refractivity contribution >= 4 is 35.2 Å². The van der Waals surface area contributed by atoms with Crippen LogP contribution in [0, 0.1) is 25.7 Å². The lowest BCUT2D eigenvalue weighted by Crippen LogP contribution is -2.52. The molecule has 7 nitrogen and oxygen atoms in total. The fourth-order valence-corrected chi connectivity index (χ4v) is 8.86. The van der Waals surface area contributed by atoms with Crippen molar-refractivity contribution in [3.8, 4) is 0 Å². The minimum atomic E-state index is -0.621. The predicted molar refractivity (Wildman–Crippen MR) is 139 cm³/mol. The van der Waals surface area contributed by atoms with E-state index < -0.39 is 22.6 Å². The third-order valence-corrected chi connectivity index (χ3v) is 10.1. The molecule has 2 unspecified atom stereocenters. The van der Waals surface area contributed by atoms with E-state index in [0.717, 1.165) is 48.9 Å². The van der Waals surface area contributed by atoms with Crippen LogP contribution in [0.1, 0.15) is 63.5 Å². The molecule has 0 aliphatic carbocycles. The van der Waals surface area contributed by atoms with Gasteiger partial charge in [-0.2, -0.15) is 0 Å². The van der Waals surface area contributed by atoms with E-state index in [4.69, 9.17) is 0 Å². The van der Waals surface area contributed by atoms with Gasteiger partial charge in [0.15, 0.2) is 0 Å². The number of aliphatic hydroxyl groups is 1. The number of nitrogens with zero attached hydrogens (tertiary/aromatic N) is 1. The van der Waals surface area contributed by atoms with Gasteiger partial charge in [0.2, 0.25) is 17.7 Å². The van der Waals surface area contributed by atoms with Crippen LogP contribution < -0.4 is 10.6 Å². The van der Waals surface area contributed by atoms with E-state index in [2.05, 4.69) is 17.6 Å². The Labute approximate surface area is 212 Å². The fraction of sp³-hybridized carbons (Fsp3) is 0.667. The van der Waals surface area contributed by atoms with Crippen LogP contribution in [0.2, 0.25) is 0 Å². The van der Waals surface area contributed by atoms with Crippen LogP contribution >= 0.6 is 11.8 Å². The molecule has 2 bridgehead atoms. The van der Waals surface area contributed by atoms with Gasteiger partial charge in [0, 0.05) is 30.1 Å². The SMILES string of the molecule is CCCNC(=O)[C@H]1[C@H]2C(=O)N(CCCCCO)C(C(=O)Nc3c(C)cccc3C)C23CC[C@]1(C)S3. The summed E-state index contributed by atoms with van der Waals surface area (Å²) in [7, 11) is 0. The number of carbonyl (C=O) groups excluding carboxylic acids is 3. The number of aryl methyl sites for hydroxylation is 2. The number of fused-ring (bicyclic) bond motifs is 1. The summed E-state index contributed by atoms with van der Waals surface area (Å²) < 4.78 is -0.948. The maximum Gasteiger partial charge on any atom is 0.248 e. The monoisotopic (exact) mass is 501 g/mol. The molecule has 3 N–H and O–H groups in total. The number of likely N-dealkylation sites (tertiary alicyclic amines) is 1. The molecule has 3 saturated heterocycles. The van der Waals surface area contributed by atoms with Gasteiger partial charge in [0.05, 0.1) is 16.6 Å².